The van der Waals surface area contributed by atoms with Gasteiger partial charge in [-0.15, -0.1) is 0 Å². The molecule has 3 rings (SSSR count). The van der Waals surface area contributed by atoms with Crippen molar-refractivity contribution in [2.24, 2.45) is 0 Å². The Morgan fingerprint density at radius 2 is 2.00 bits per heavy atom. The van der Waals surface area contributed by atoms with Crippen LogP contribution in [0.4, 0.5) is 4.39 Å². The van der Waals surface area contributed by atoms with Crippen molar-refractivity contribution < 1.29 is 19.4 Å². The third-order valence-electron chi connectivity index (χ3n) is 3.69. The summed E-state index contributed by atoms with van der Waals surface area (Å²) < 4.78 is 12.9. The van der Waals surface area contributed by atoms with E-state index in [4.69, 9.17) is 0 Å². The van der Waals surface area contributed by atoms with E-state index in [-0.39, 0.29) is 5.56 Å². The fraction of sp³-hybridized carbons (Fsp3) is 0.188. The van der Waals surface area contributed by atoms with Gasteiger partial charge in [0.05, 0.1) is 17.7 Å². The fourth-order valence-corrected chi connectivity index (χ4v) is 2.66. The molecule has 0 spiro atoms. The Kier molecular flexibility index (Phi) is 3.35. The quantitative estimate of drug-likeness (QED) is 0.790. The minimum atomic E-state index is -0.714. The SMILES string of the molecule is O=C(N[C@@H]1c2ccccc2C[C@@H]1O)c1ccc(F)cc1O. The average Bonchev–Trinajstić information content (AvgIpc) is 2.75. The van der Waals surface area contributed by atoms with Gasteiger partial charge < -0.3 is 15.5 Å². The van der Waals surface area contributed by atoms with Crippen molar-refractivity contribution in [3.63, 3.8) is 0 Å². The second-order valence-electron chi connectivity index (χ2n) is 5.08. The molecule has 0 aliphatic heterocycles. The van der Waals surface area contributed by atoms with Crippen LogP contribution in [-0.2, 0) is 6.42 Å². The van der Waals surface area contributed by atoms with Crippen LogP contribution in [-0.4, -0.2) is 22.2 Å². The van der Waals surface area contributed by atoms with Crippen molar-refractivity contribution in [2.45, 2.75) is 18.6 Å². The maximum Gasteiger partial charge on any atom is 0.255 e. The van der Waals surface area contributed by atoms with Crippen LogP contribution in [0.25, 0.3) is 0 Å². The molecule has 1 aliphatic rings. The number of halogens is 1. The summed E-state index contributed by atoms with van der Waals surface area (Å²) in [7, 11) is 0. The van der Waals surface area contributed by atoms with Gasteiger partial charge in [-0.2, -0.15) is 0 Å². The van der Waals surface area contributed by atoms with Crippen LogP contribution in [0, 0.1) is 5.82 Å². The summed E-state index contributed by atoms with van der Waals surface area (Å²) in [5.74, 6) is -1.59. The van der Waals surface area contributed by atoms with E-state index in [2.05, 4.69) is 5.32 Å². The predicted octanol–water partition coefficient (Wildman–Crippen LogP) is 1.92. The van der Waals surface area contributed by atoms with Crippen LogP contribution in [0.15, 0.2) is 42.5 Å². The van der Waals surface area contributed by atoms with Crippen molar-refractivity contribution in [2.75, 3.05) is 0 Å². The number of fused-ring (bicyclic) bond motifs is 1. The van der Waals surface area contributed by atoms with Crippen LogP contribution in [0.3, 0.4) is 0 Å². The molecule has 0 aromatic heterocycles. The highest BCUT2D eigenvalue weighted by molar-refractivity contribution is 5.97. The minimum absolute atomic E-state index is 0.0204. The Morgan fingerprint density at radius 1 is 1.24 bits per heavy atom. The summed E-state index contributed by atoms with van der Waals surface area (Å²) in [4.78, 5) is 12.2. The first-order chi connectivity index (χ1) is 10.1. The van der Waals surface area contributed by atoms with E-state index in [1.54, 1.807) is 0 Å². The molecule has 0 heterocycles. The highest BCUT2D eigenvalue weighted by Gasteiger charge is 2.32. The van der Waals surface area contributed by atoms with E-state index in [1.165, 1.54) is 6.07 Å². The Balaban J connectivity index is 1.85. The molecule has 2 atom stereocenters. The number of hydrogen-bond acceptors (Lipinski definition) is 3. The molecule has 21 heavy (non-hydrogen) atoms. The molecule has 0 unspecified atom stereocenters. The predicted molar refractivity (Wildman–Crippen MR) is 74.4 cm³/mol. The smallest absolute Gasteiger partial charge is 0.255 e. The number of carbonyl (C=O) groups excluding carboxylic acids is 1. The maximum absolute atomic E-state index is 12.9. The lowest BCUT2D eigenvalue weighted by atomic mass is 10.1. The van der Waals surface area contributed by atoms with Gasteiger partial charge in [-0.25, -0.2) is 4.39 Å². The van der Waals surface area contributed by atoms with E-state index in [0.29, 0.717) is 6.42 Å². The largest absolute Gasteiger partial charge is 0.507 e. The molecular formula is C16H14FNO3. The number of hydrogen-bond donors (Lipinski definition) is 3. The maximum atomic E-state index is 12.9. The third-order valence-corrected chi connectivity index (χ3v) is 3.69. The van der Waals surface area contributed by atoms with Gasteiger partial charge in [-0.3, -0.25) is 4.79 Å². The van der Waals surface area contributed by atoms with E-state index in [0.717, 1.165) is 23.3 Å². The molecule has 0 fully saturated rings. The number of amides is 1. The number of aliphatic hydroxyl groups excluding tert-OH is 1. The minimum Gasteiger partial charge on any atom is -0.507 e. The molecule has 1 aliphatic carbocycles. The molecule has 0 saturated heterocycles. The summed E-state index contributed by atoms with van der Waals surface area (Å²) in [5, 5.41) is 22.4. The first-order valence-corrected chi connectivity index (χ1v) is 6.61. The van der Waals surface area contributed by atoms with E-state index in [1.807, 2.05) is 24.3 Å². The number of nitrogens with one attached hydrogen (secondary N) is 1. The van der Waals surface area contributed by atoms with Gasteiger partial charge in [0.2, 0.25) is 0 Å². The van der Waals surface area contributed by atoms with E-state index >= 15 is 0 Å². The number of carbonyl (C=O) groups is 1. The first kappa shape index (κ1) is 13.6. The Hall–Kier alpha value is -2.40. The number of phenolic OH excluding ortho intramolecular Hbond substituents is 1. The lowest BCUT2D eigenvalue weighted by Gasteiger charge is -2.18. The molecular weight excluding hydrogens is 273 g/mol. The second-order valence-corrected chi connectivity index (χ2v) is 5.08. The second kappa shape index (κ2) is 5.18. The molecule has 2 aromatic carbocycles. The topological polar surface area (TPSA) is 69.6 Å². The zero-order valence-corrected chi connectivity index (χ0v) is 11.1. The fourth-order valence-electron chi connectivity index (χ4n) is 2.66. The molecule has 4 nitrogen and oxygen atoms in total. The van der Waals surface area contributed by atoms with E-state index < -0.39 is 29.6 Å². The molecule has 0 radical (unpaired) electrons. The highest BCUT2D eigenvalue weighted by atomic mass is 19.1. The van der Waals surface area contributed by atoms with Crippen LogP contribution in [0.2, 0.25) is 0 Å². The number of phenols is 1. The molecule has 108 valence electrons. The number of aromatic hydroxyl groups is 1. The summed E-state index contributed by atoms with van der Waals surface area (Å²) in [5.41, 5.74) is 1.83. The van der Waals surface area contributed by atoms with Crippen molar-refractivity contribution >= 4 is 5.91 Å². The molecule has 0 bridgehead atoms. The monoisotopic (exact) mass is 287 g/mol. The summed E-state index contributed by atoms with van der Waals surface area (Å²) >= 11 is 0. The Morgan fingerprint density at radius 3 is 2.76 bits per heavy atom. The van der Waals surface area contributed by atoms with Crippen molar-refractivity contribution in [3.8, 4) is 5.75 Å². The van der Waals surface area contributed by atoms with Crippen molar-refractivity contribution in [3.05, 3.63) is 65.0 Å². The van der Waals surface area contributed by atoms with E-state index in [9.17, 15) is 19.4 Å². The zero-order valence-electron chi connectivity index (χ0n) is 11.1. The molecule has 2 aromatic rings. The van der Waals surface area contributed by atoms with Crippen LogP contribution >= 0.6 is 0 Å². The zero-order chi connectivity index (χ0) is 15.0. The van der Waals surface area contributed by atoms with Crippen molar-refractivity contribution in [1.82, 2.24) is 5.32 Å². The summed E-state index contributed by atoms with van der Waals surface area (Å²) in [6.45, 7) is 0. The molecule has 3 N–H and O–H groups in total. The van der Waals surface area contributed by atoms with Gasteiger partial charge in [0, 0.05) is 12.5 Å². The molecule has 0 saturated carbocycles. The lowest BCUT2D eigenvalue weighted by molar-refractivity contribution is 0.0855. The Bertz CT molecular complexity index is 702. The summed E-state index contributed by atoms with van der Waals surface area (Å²) in [6, 6.07) is 10.1. The molecule has 5 heteroatoms. The van der Waals surface area contributed by atoms with Crippen molar-refractivity contribution in [1.29, 1.82) is 0 Å². The van der Waals surface area contributed by atoms with Gasteiger partial charge in [-0.05, 0) is 23.3 Å². The van der Waals surface area contributed by atoms with Crippen LogP contribution in [0.1, 0.15) is 27.5 Å². The van der Waals surface area contributed by atoms with Gasteiger partial charge >= 0.3 is 0 Å². The van der Waals surface area contributed by atoms with Gasteiger partial charge in [0.1, 0.15) is 11.6 Å². The average molecular weight is 287 g/mol. The van der Waals surface area contributed by atoms with Crippen LogP contribution < -0.4 is 5.32 Å². The van der Waals surface area contributed by atoms with Gasteiger partial charge in [0.25, 0.3) is 5.91 Å². The van der Waals surface area contributed by atoms with Gasteiger partial charge in [0.15, 0.2) is 0 Å². The normalized spacial score (nSPS) is 20.1. The first-order valence-electron chi connectivity index (χ1n) is 6.61. The molecule has 1 amide bonds. The summed E-state index contributed by atoms with van der Waals surface area (Å²) in [6.07, 6.45) is -0.245. The highest BCUT2D eigenvalue weighted by Crippen LogP contribution is 2.31. The number of benzene rings is 2. The third kappa shape index (κ3) is 2.48. The van der Waals surface area contributed by atoms with Gasteiger partial charge in [-0.1, -0.05) is 24.3 Å². The standard InChI is InChI=1S/C16H14FNO3/c17-10-5-6-12(13(19)8-10)16(21)18-15-11-4-2-1-3-9(11)7-14(15)20/h1-6,8,14-15,19-20H,7H2,(H,18,21)/t14-,15+/m0/s1. The lowest BCUT2D eigenvalue weighted by Crippen LogP contribution is -2.33. The number of rotatable bonds is 2. The Labute approximate surface area is 120 Å². The number of aliphatic hydroxyl groups is 1. The van der Waals surface area contributed by atoms with Crippen LogP contribution in [0.5, 0.6) is 5.75 Å².